The van der Waals surface area contributed by atoms with Gasteiger partial charge < -0.3 is 19.3 Å². The van der Waals surface area contributed by atoms with Crippen molar-refractivity contribution < 1.29 is 18.8 Å². The summed E-state index contributed by atoms with van der Waals surface area (Å²) in [5.41, 5.74) is 0.951. The Balaban J connectivity index is 1.61. The summed E-state index contributed by atoms with van der Waals surface area (Å²) < 4.78 is 18.6. The van der Waals surface area contributed by atoms with Gasteiger partial charge in [-0.25, -0.2) is 0 Å². The molecule has 0 radical (unpaired) electrons. The molecular formula is C19H21N5O4. The Hall–Kier alpha value is -3.36. The maximum Gasteiger partial charge on any atom is 0.264 e. The fourth-order valence-corrected chi connectivity index (χ4v) is 3.11. The van der Waals surface area contributed by atoms with E-state index in [1.807, 2.05) is 13.8 Å². The number of benzene rings is 1. The van der Waals surface area contributed by atoms with Crippen LogP contribution in [0.25, 0.3) is 0 Å². The first kappa shape index (κ1) is 18.0. The number of nitrogens with one attached hydrogen (secondary N) is 1. The molecule has 9 nitrogen and oxygen atoms in total. The lowest BCUT2D eigenvalue weighted by molar-refractivity contribution is 0.102. The standard InChI is InChI=1S/C19H21N5O4/c1-11-20-17(28-23-11)10-26-14-7-12(8-15-13(14)9-19(2,3)27-15)18(25)21-16-5-6-24(4)22-16/h5-8H,9-10H2,1-4H3,(H,21,22,25). The first-order valence-electron chi connectivity index (χ1n) is 8.88. The molecule has 3 aromatic rings. The van der Waals surface area contributed by atoms with Crippen LogP contribution in [0.4, 0.5) is 5.82 Å². The third-order valence-corrected chi connectivity index (χ3v) is 4.29. The third-order valence-electron chi connectivity index (χ3n) is 4.29. The van der Waals surface area contributed by atoms with Gasteiger partial charge in [0.1, 0.15) is 17.1 Å². The lowest BCUT2D eigenvalue weighted by Gasteiger charge is -2.16. The van der Waals surface area contributed by atoms with Crippen molar-refractivity contribution in [3.05, 3.63) is 47.2 Å². The van der Waals surface area contributed by atoms with Crippen LogP contribution >= 0.6 is 0 Å². The van der Waals surface area contributed by atoms with E-state index in [9.17, 15) is 4.79 Å². The second kappa shape index (κ2) is 6.66. The molecule has 1 N–H and O–H groups in total. The maximum atomic E-state index is 12.7. The van der Waals surface area contributed by atoms with Crippen LogP contribution < -0.4 is 14.8 Å². The zero-order chi connectivity index (χ0) is 19.9. The second-order valence-corrected chi connectivity index (χ2v) is 7.34. The summed E-state index contributed by atoms with van der Waals surface area (Å²) in [4.78, 5) is 16.8. The van der Waals surface area contributed by atoms with Crippen LogP contribution in [0, 0.1) is 6.92 Å². The summed E-state index contributed by atoms with van der Waals surface area (Å²) >= 11 is 0. The molecular weight excluding hydrogens is 362 g/mol. The molecule has 0 saturated carbocycles. The molecule has 0 spiro atoms. The zero-order valence-electron chi connectivity index (χ0n) is 16.1. The molecule has 0 unspecified atom stereocenters. The van der Waals surface area contributed by atoms with E-state index < -0.39 is 0 Å². The number of amides is 1. The first-order valence-corrected chi connectivity index (χ1v) is 8.88. The van der Waals surface area contributed by atoms with Crippen LogP contribution in [-0.2, 0) is 20.1 Å². The molecule has 2 aromatic heterocycles. The molecule has 1 aliphatic heterocycles. The molecule has 4 rings (SSSR count). The van der Waals surface area contributed by atoms with Crippen molar-refractivity contribution in [2.75, 3.05) is 5.32 Å². The van der Waals surface area contributed by atoms with E-state index in [4.69, 9.17) is 14.0 Å². The van der Waals surface area contributed by atoms with Crippen molar-refractivity contribution >= 4 is 11.7 Å². The number of ether oxygens (including phenoxy) is 2. The normalized spacial score (nSPS) is 14.4. The van der Waals surface area contributed by atoms with Crippen molar-refractivity contribution in [2.24, 2.45) is 7.05 Å². The van der Waals surface area contributed by atoms with Crippen LogP contribution in [0.15, 0.2) is 28.9 Å². The number of hydrogen-bond donors (Lipinski definition) is 1. The zero-order valence-corrected chi connectivity index (χ0v) is 16.1. The lowest BCUT2D eigenvalue weighted by atomic mass is 9.99. The number of hydrogen-bond acceptors (Lipinski definition) is 7. The van der Waals surface area contributed by atoms with Crippen molar-refractivity contribution in [1.82, 2.24) is 19.9 Å². The van der Waals surface area contributed by atoms with E-state index in [1.165, 1.54) is 0 Å². The van der Waals surface area contributed by atoms with E-state index in [2.05, 4.69) is 20.6 Å². The van der Waals surface area contributed by atoms with Crippen LogP contribution in [0.3, 0.4) is 0 Å². The van der Waals surface area contributed by atoms with Crippen molar-refractivity contribution in [3.8, 4) is 11.5 Å². The number of aromatic nitrogens is 4. The van der Waals surface area contributed by atoms with Gasteiger partial charge in [-0.1, -0.05) is 5.16 Å². The number of fused-ring (bicyclic) bond motifs is 1. The molecule has 28 heavy (non-hydrogen) atoms. The van der Waals surface area contributed by atoms with E-state index >= 15 is 0 Å². The SMILES string of the molecule is Cc1noc(COc2cc(C(=O)Nc3ccn(C)n3)cc3c2CC(C)(C)O3)n1. The van der Waals surface area contributed by atoms with Gasteiger partial charge in [-0.05, 0) is 32.9 Å². The first-order chi connectivity index (χ1) is 13.3. The highest BCUT2D eigenvalue weighted by molar-refractivity contribution is 6.04. The van der Waals surface area contributed by atoms with Crippen LogP contribution in [0.1, 0.15) is 41.5 Å². The van der Waals surface area contributed by atoms with Gasteiger partial charge in [0.25, 0.3) is 11.8 Å². The van der Waals surface area contributed by atoms with Crippen molar-refractivity contribution in [3.63, 3.8) is 0 Å². The number of carbonyl (C=O) groups excluding carboxylic acids is 1. The largest absolute Gasteiger partial charge is 0.487 e. The number of rotatable bonds is 5. The Morgan fingerprint density at radius 2 is 2.21 bits per heavy atom. The summed E-state index contributed by atoms with van der Waals surface area (Å²) in [7, 11) is 1.78. The number of anilines is 1. The van der Waals surface area contributed by atoms with E-state index in [0.29, 0.717) is 41.0 Å². The fourth-order valence-electron chi connectivity index (χ4n) is 3.11. The van der Waals surface area contributed by atoms with Crippen LogP contribution in [-0.4, -0.2) is 31.4 Å². The number of nitrogens with zero attached hydrogens (tertiary/aromatic N) is 4. The Bertz CT molecular complexity index is 1040. The van der Waals surface area contributed by atoms with Gasteiger partial charge in [0.15, 0.2) is 18.2 Å². The van der Waals surface area contributed by atoms with Gasteiger partial charge >= 0.3 is 0 Å². The lowest BCUT2D eigenvalue weighted by Crippen LogP contribution is -2.24. The summed E-state index contributed by atoms with van der Waals surface area (Å²) in [6, 6.07) is 5.15. The van der Waals surface area contributed by atoms with Gasteiger partial charge in [-0.2, -0.15) is 10.1 Å². The third kappa shape index (κ3) is 3.68. The number of aryl methyl sites for hydroxylation is 2. The van der Waals surface area contributed by atoms with E-state index in [0.717, 1.165) is 5.56 Å². The number of carbonyl (C=O) groups is 1. The Labute approximate surface area is 161 Å². The van der Waals surface area contributed by atoms with Crippen molar-refractivity contribution in [2.45, 2.75) is 39.4 Å². The Morgan fingerprint density at radius 3 is 2.89 bits per heavy atom. The highest BCUT2D eigenvalue weighted by Gasteiger charge is 2.34. The summed E-state index contributed by atoms with van der Waals surface area (Å²) in [6.45, 7) is 5.83. The van der Waals surface area contributed by atoms with Gasteiger partial charge in [0.2, 0.25) is 0 Å². The van der Waals surface area contributed by atoms with Crippen LogP contribution in [0.2, 0.25) is 0 Å². The minimum Gasteiger partial charge on any atom is -0.487 e. The molecule has 1 amide bonds. The molecule has 9 heteroatoms. The fraction of sp³-hybridized carbons (Fsp3) is 0.368. The predicted molar refractivity (Wildman–Crippen MR) is 99.4 cm³/mol. The van der Waals surface area contributed by atoms with Gasteiger partial charge in [0.05, 0.1) is 0 Å². The summed E-state index contributed by atoms with van der Waals surface area (Å²) in [5.74, 6) is 2.27. The van der Waals surface area contributed by atoms with Gasteiger partial charge in [0, 0.05) is 36.9 Å². The quantitative estimate of drug-likeness (QED) is 0.722. The minimum absolute atomic E-state index is 0.110. The highest BCUT2D eigenvalue weighted by Crippen LogP contribution is 2.41. The smallest absolute Gasteiger partial charge is 0.264 e. The summed E-state index contributed by atoms with van der Waals surface area (Å²) in [6.07, 6.45) is 2.42. The molecule has 0 saturated heterocycles. The molecule has 146 valence electrons. The maximum absolute atomic E-state index is 12.7. The predicted octanol–water partition coefficient (Wildman–Crippen LogP) is 2.66. The molecule has 3 heterocycles. The second-order valence-electron chi connectivity index (χ2n) is 7.34. The summed E-state index contributed by atoms with van der Waals surface area (Å²) in [5, 5.41) is 10.7. The average Bonchev–Trinajstić information content (AvgIpc) is 3.30. The molecule has 0 atom stereocenters. The van der Waals surface area contributed by atoms with E-state index in [-0.39, 0.29) is 18.1 Å². The molecule has 1 aromatic carbocycles. The molecule has 0 aliphatic carbocycles. The van der Waals surface area contributed by atoms with Gasteiger partial charge in [-0.15, -0.1) is 0 Å². The monoisotopic (exact) mass is 383 g/mol. The highest BCUT2D eigenvalue weighted by atomic mass is 16.5. The average molecular weight is 383 g/mol. The molecule has 0 fully saturated rings. The van der Waals surface area contributed by atoms with Crippen molar-refractivity contribution in [1.29, 1.82) is 0 Å². The Morgan fingerprint density at radius 1 is 1.39 bits per heavy atom. The molecule has 1 aliphatic rings. The van der Waals surface area contributed by atoms with Gasteiger partial charge in [-0.3, -0.25) is 9.48 Å². The van der Waals surface area contributed by atoms with Crippen LogP contribution in [0.5, 0.6) is 11.5 Å². The van der Waals surface area contributed by atoms with E-state index in [1.54, 1.807) is 43.0 Å². The Kier molecular flexibility index (Phi) is 4.29. The molecule has 0 bridgehead atoms. The minimum atomic E-state index is -0.377. The topological polar surface area (TPSA) is 104 Å².